The highest BCUT2D eigenvalue weighted by Gasteiger charge is 2.29. The minimum absolute atomic E-state index is 0.144. The Kier molecular flexibility index (Phi) is 7.59. The Bertz CT molecular complexity index is 403. The average Bonchev–Trinajstić information content (AvgIpc) is 2.41. The molecule has 2 N–H and O–H groups in total. The molecule has 0 saturated carbocycles. The van der Waals surface area contributed by atoms with Crippen LogP contribution in [0.25, 0.3) is 0 Å². The highest BCUT2D eigenvalue weighted by Crippen LogP contribution is 2.12. The summed E-state index contributed by atoms with van der Waals surface area (Å²) in [4.78, 5) is 25.4. The fraction of sp³-hybridized carbons (Fsp3) is 0.750. The molecule has 6 heteroatoms. The molecule has 6 nitrogen and oxygen atoms in total. The Hall–Kier alpha value is -1.56. The number of rotatable bonds is 6. The molecule has 0 bridgehead atoms. The topological polar surface area (TPSA) is 78.9 Å². The van der Waals surface area contributed by atoms with Gasteiger partial charge in [-0.2, -0.15) is 0 Å². The molecule has 22 heavy (non-hydrogen) atoms. The molecule has 128 valence electrons. The van der Waals surface area contributed by atoms with Crippen molar-refractivity contribution in [2.45, 2.75) is 65.3 Å². The molecule has 2 amide bonds. The zero-order valence-electron chi connectivity index (χ0n) is 14.7. The van der Waals surface area contributed by atoms with E-state index in [9.17, 15) is 14.7 Å². The van der Waals surface area contributed by atoms with Gasteiger partial charge in [-0.1, -0.05) is 13.0 Å². The average molecular weight is 314 g/mol. The van der Waals surface area contributed by atoms with Crippen LogP contribution >= 0.6 is 0 Å². The third kappa shape index (κ3) is 6.47. The zero-order valence-corrected chi connectivity index (χ0v) is 14.7. The number of carbonyl (C=O) groups is 2. The van der Waals surface area contributed by atoms with E-state index in [0.717, 1.165) is 0 Å². The van der Waals surface area contributed by atoms with Gasteiger partial charge in [0.05, 0.1) is 12.1 Å². The number of aliphatic hydroxyl groups excluding tert-OH is 1. The van der Waals surface area contributed by atoms with Gasteiger partial charge in [0, 0.05) is 13.0 Å². The van der Waals surface area contributed by atoms with E-state index < -0.39 is 29.9 Å². The molecule has 0 unspecified atom stereocenters. The number of nitrogens with zero attached hydrogens (tertiary/aromatic N) is 1. The molecule has 0 heterocycles. The molecule has 4 atom stereocenters. The normalized spacial score (nSPS) is 16.9. The van der Waals surface area contributed by atoms with E-state index >= 15 is 0 Å². The molecule has 0 fully saturated rings. The van der Waals surface area contributed by atoms with Crippen LogP contribution in [0.4, 0.5) is 4.79 Å². The Morgan fingerprint density at radius 3 is 2.18 bits per heavy atom. The second-order valence-corrected chi connectivity index (χ2v) is 6.65. The lowest BCUT2D eigenvalue weighted by atomic mass is 9.99. The number of carbonyl (C=O) groups excluding carboxylic acids is 2. The maximum atomic E-state index is 12.2. The summed E-state index contributed by atoms with van der Waals surface area (Å²) < 4.78 is 5.22. The van der Waals surface area contributed by atoms with Crippen LogP contribution in [0, 0.1) is 5.92 Å². The molecule has 0 aromatic rings. The van der Waals surface area contributed by atoms with Gasteiger partial charge in [0.15, 0.2) is 0 Å². The first kappa shape index (κ1) is 20.4. The lowest BCUT2D eigenvalue weighted by Gasteiger charge is -2.30. The lowest BCUT2D eigenvalue weighted by molar-refractivity contribution is -0.127. The van der Waals surface area contributed by atoms with Gasteiger partial charge in [-0.25, -0.2) is 4.79 Å². The molecular weight excluding hydrogens is 284 g/mol. The van der Waals surface area contributed by atoms with Crippen LogP contribution in [0.2, 0.25) is 0 Å². The smallest absolute Gasteiger partial charge is 0.410 e. The number of hydrogen-bond acceptors (Lipinski definition) is 4. The van der Waals surface area contributed by atoms with Crippen molar-refractivity contribution in [3.63, 3.8) is 0 Å². The quantitative estimate of drug-likeness (QED) is 0.734. The van der Waals surface area contributed by atoms with E-state index in [2.05, 4.69) is 11.9 Å². The van der Waals surface area contributed by atoms with Gasteiger partial charge in [0.25, 0.3) is 0 Å². The molecule has 0 radical (unpaired) electrons. The largest absolute Gasteiger partial charge is 0.444 e. The minimum Gasteiger partial charge on any atom is -0.444 e. The van der Waals surface area contributed by atoms with Crippen LogP contribution in [-0.4, -0.2) is 52.8 Å². The molecule has 0 aromatic heterocycles. The van der Waals surface area contributed by atoms with Crippen molar-refractivity contribution >= 4 is 12.0 Å². The number of hydrogen-bond donors (Lipinski definition) is 2. The van der Waals surface area contributed by atoms with Gasteiger partial charge in [-0.3, -0.25) is 9.69 Å². The summed E-state index contributed by atoms with van der Waals surface area (Å²) in [5, 5.41) is 12.7. The number of aliphatic hydroxyl groups is 1. The van der Waals surface area contributed by atoms with E-state index in [0.29, 0.717) is 0 Å². The highest BCUT2D eigenvalue weighted by molar-refractivity contribution is 5.85. The Labute approximate surface area is 133 Å². The first-order chi connectivity index (χ1) is 9.90. The van der Waals surface area contributed by atoms with Crippen molar-refractivity contribution in [3.05, 3.63) is 12.7 Å². The standard InChI is InChI=1S/C16H30N2O4/c1-9-10(2)13(19)11(3)17-14(20)12(4)18(8)15(21)22-16(5,6)7/h9-13,19H,1H2,2-8H3,(H,17,20)/t10-,11-,12-,13-/m0/s1. The molecule has 0 aliphatic rings. The molecule has 0 aromatic carbocycles. The van der Waals surface area contributed by atoms with Crippen LogP contribution in [0.15, 0.2) is 12.7 Å². The van der Waals surface area contributed by atoms with Crippen molar-refractivity contribution in [2.75, 3.05) is 7.05 Å². The maximum Gasteiger partial charge on any atom is 0.410 e. The number of nitrogens with one attached hydrogen (secondary N) is 1. The summed E-state index contributed by atoms with van der Waals surface area (Å²) in [5.74, 6) is -0.495. The molecular formula is C16H30N2O4. The van der Waals surface area contributed by atoms with Crippen molar-refractivity contribution in [3.8, 4) is 0 Å². The fourth-order valence-electron chi connectivity index (χ4n) is 1.69. The van der Waals surface area contributed by atoms with E-state index in [1.54, 1.807) is 40.7 Å². The Morgan fingerprint density at radius 1 is 1.27 bits per heavy atom. The summed E-state index contributed by atoms with van der Waals surface area (Å²) >= 11 is 0. The molecule has 0 aliphatic heterocycles. The lowest BCUT2D eigenvalue weighted by Crippen LogP contribution is -2.52. The molecule has 0 spiro atoms. The van der Waals surface area contributed by atoms with Crippen molar-refractivity contribution in [2.24, 2.45) is 5.92 Å². The SMILES string of the molecule is C=C[C@H](C)[C@H](O)[C@H](C)NC(=O)[C@H](C)N(C)C(=O)OC(C)(C)C. The fourth-order valence-corrected chi connectivity index (χ4v) is 1.69. The number of amides is 2. The van der Waals surface area contributed by atoms with Crippen molar-refractivity contribution in [1.82, 2.24) is 10.2 Å². The molecule has 0 aliphatic carbocycles. The minimum atomic E-state index is -0.736. The second kappa shape index (κ2) is 8.17. The van der Waals surface area contributed by atoms with Gasteiger partial charge < -0.3 is 15.2 Å². The van der Waals surface area contributed by atoms with Gasteiger partial charge >= 0.3 is 6.09 Å². The summed E-state index contributed by atoms with van der Waals surface area (Å²) in [6.45, 7) is 14.0. The Balaban J connectivity index is 4.66. The first-order valence-corrected chi connectivity index (χ1v) is 7.47. The van der Waals surface area contributed by atoms with E-state index in [1.165, 1.54) is 11.9 Å². The van der Waals surface area contributed by atoms with Crippen LogP contribution in [-0.2, 0) is 9.53 Å². The van der Waals surface area contributed by atoms with Gasteiger partial charge in [-0.15, -0.1) is 6.58 Å². The number of ether oxygens (including phenoxy) is 1. The monoisotopic (exact) mass is 314 g/mol. The maximum absolute atomic E-state index is 12.2. The van der Waals surface area contributed by atoms with Crippen molar-refractivity contribution < 1.29 is 19.4 Å². The number of likely N-dealkylation sites (N-methyl/N-ethyl adjacent to an activating group) is 1. The molecule has 0 saturated heterocycles. The van der Waals surface area contributed by atoms with Crippen LogP contribution in [0.1, 0.15) is 41.5 Å². The molecule has 0 rings (SSSR count). The second-order valence-electron chi connectivity index (χ2n) is 6.65. The van der Waals surface area contributed by atoms with Crippen molar-refractivity contribution in [1.29, 1.82) is 0 Å². The summed E-state index contributed by atoms with van der Waals surface area (Å²) in [6.07, 6.45) is 0.326. The van der Waals surface area contributed by atoms with Crippen LogP contribution in [0.3, 0.4) is 0 Å². The van der Waals surface area contributed by atoms with Gasteiger partial charge in [0.1, 0.15) is 11.6 Å². The summed E-state index contributed by atoms with van der Waals surface area (Å²) in [7, 11) is 1.51. The summed E-state index contributed by atoms with van der Waals surface area (Å²) in [6, 6.07) is -1.15. The third-order valence-corrected chi connectivity index (χ3v) is 3.43. The Morgan fingerprint density at radius 2 is 1.77 bits per heavy atom. The highest BCUT2D eigenvalue weighted by atomic mass is 16.6. The third-order valence-electron chi connectivity index (χ3n) is 3.43. The van der Waals surface area contributed by atoms with Crippen LogP contribution < -0.4 is 5.32 Å². The predicted molar refractivity (Wildman–Crippen MR) is 86.4 cm³/mol. The zero-order chi connectivity index (χ0) is 17.7. The van der Waals surface area contributed by atoms with Gasteiger partial charge in [0.2, 0.25) is 5.91 Å². The van der Waals surface area contributed by atoms with E-state index in [-0.39, 0.29) is 11.8 Å². The van der Waals surface area contributed by atoms with E-state index in [4.69, 9.17) is 4.74 Å². The van der Waals surface area contributed by atoms with Gasteiger partial charge in [-0.05, 0) is 34.6 Å². The van der Waals surface area contributed by atoms with Crippen LogP contribution in [0.5, 0.6) is 0 Å². The van der Waals surface area contributed by atoms with E-state index in [1.807, 2.05) is 6.92 Å². The first-order valence-electron chi connectivity index (χ1n) is 7.47. The predicted octanol–water partition coefficient (Wildman–Crippen LogP) is 1.93. The summed E-state index contributed by atoms with van der Waals surface area (Å²) in [5.41, 5.74) is -0.621.